The third-order valence-electron chi connectivity index (χ3n) is 5.21. The SMILES string of the molecule is CCN(CCNC(=O)c1ccc(OC)c(S(=O)(=O)NC2CCCC2)c1)C(C)C. The van der Waals surface area contributed by atoms with E-state index in [0.29, 0.717) is 18.2 Å². The van der Waals surface area contributed by atoms with Gasteiger partial charge in [0.1, 0.15) is 10.6 Å². The van der Waals surface area contributed by atoms with Crippen molar-refractivity contribution in [1.29, 1.82) is 0 Å². The van der Waals surface area contributed by atoms with Crippen LogP contribution in [0.1, 0.15) is 56.8 Å². The molecule has 0 spiro atoms. The summed E-state index contributed by atoms with van der Waals surface area (Å²) in [6.45, 7) is 8.46. The van der Waals surface area contributed by atoms with Crippen molar-refractivity contribution in [1.82, 2.24) is 14.9 Å². The molecule has 0 saturated heterocycles. The summed E-state index contributed by atoms with van der Waals surface area (Å²) in [5.41, 5.74) is 0.306. The molecule has 0 atom stereocenters. The number of methoxy groups -OCH3 is 1. The summed E-state index contributed by atoms with van der Waals surface area (Å²) in [5.74, 6) is -0.0567. The minimum Gasteiger partial charge on any atom is -0.495 e. The van der Waals surface area contributed by atoms with Crippen LogP contribution in [0, 0.1) is 0 Å². The van der Waals surface area contributed by atoms with Gasteiger partial charge < -0.3 is 10.1 Å². The number of carbonyl (C=O) groups is 1. The number of likely N-dealkylation sites (N-methyl/N-ethyl adjacent to an activating group) is 1. The van der Waals surface area contributed by atoms with E-state index in [4.69, 9.17) is 4.74 Å². The number of nitrogens with zero attached hydrogens (tertiary/aromatic N) is 1. The second-order valence-corrected chi connectivity index (χ2v) is 9.13. The molecule has 1 aromatic carbocycles. The number of ether oxygens (including phenoxy) is 1. The molecule has 0 heterocycles. The van der Waals surface area contributed by atoms with Crippen molar-refractivity contribution in [2.24, 2.45) is 0 Å². The number of carbonyl (C=O) groups excluding carboxylic acids is 1. The first kappa shape index (κ1) is 22.6. The van der Waals surface area contributed by atoms with Gasteiger partial charge >= 0.3 is 0 Å². The molecule has 7 nitrogen and oxygen atoms in total. The first-order valence-electron chi connectivity index (χ1n) is 10.0. The van der Waals surface area contributed by atoms with Crippen LogP contribution in [-0.2, 0) is 10.0 Å². The lowest BCUT2D eigenvalue weighted by Gasteiger charge is -2.24. The monoisotopic (exact) mass is 411 g/mol. The van der Waals surface area contributed by atoms with Crippen LogP contribution in [0.3, 0.4) is 0 Å². The second kappa shape index (κ2) is 10.2. The molecule has 1 saturated carbocycles. The van der Waals surface area contributed by atoms with E-state index < -0.39 is 10.0 Å². The van der Waals surface area contributed by atoms with E-state index in [1.165, 1.54) is 19.2 Å². The average molecular weight is 412 g/mol. The predicted octanol–water partition coefficient (Wildman–Crippen LogP) is 2.38. The van der Waals surface area contributed by atoms with Crippen LogP contribution in [0.4, 0.5) is 0 Å². The van der Waals surface area contributed by atoms with Crippen molar-refractivity contribution >= 4 is 15.9 Å². The molecule has 0 radical (unpaired) electrons. The van der Waals surface area contributed by atoms with E-state index in [9.17, 15) is 13.2 Å². The molecule has 8 heteroatoms. The topological polar surface area (TPSA) is 87.7 Å². The van der Waals surface area contributed by atoms with Crippen LogP contribution >= 0.6 is 0 Å². The third-order valence-corrected chi connectivity index (χ3v) is 6.76. The second-order valence-electron chi connectivity index (χ2n) is 7.45. The van der Waals surface area contributed by atoms with Gasteiger partial charge in [-0.1, -0.05) is 19.8 Å². The fourth-order valence-corrected chi connectivity index (χ4v) is 5.05. The van der Waals surface area contributed by atoms with E-state index in [1.807, 2.05) is 0 Å². The van der Waals surface area contributed by atoms with E-state index in [2.05, 4.69) is 35.7 Å². The first-order chi connectivity index (χ1) is 13.3. The van der Waals surface area contributed by atoms with Gasteiger partial charge in [-0.25, -0.2) is 13.1 Å². The molecule has 0 bridgehead atoms. The molecular formula is C20H33N3O4S. The molecular weight excluding hydrogens is 378 g/mol. The molecule has 1 fully saturated rings. The Kier molecular flexibility index (Phi) is 8.27. The van der Waals surface area contributed by atoms with Crippen molar-refractivity contribution in [2.75, 3.05) is 26.7 Å². The molecule has 28 heavy (non-hydrogen) atoms. The Hall–Kier alpha value is -1.64. The number of rotatable bonds is 10. The van der Waals surface area contributed by atoms with Crippen molar-refractivity contribution in [2.45, 2.75) is 63.4 Å². The maximum Gasteiger partial charge on any atom is 0.251 e. The van der Waals surface area contributed by atoms with E-state index in [1.54, 1.807) is 6.07 Å². The fourth-order valence-electron chi connectivity index (χ4n) is 3.55. The van der Waals surface area contributed by atoms with Gasteiger partial charge in [-0.2, -0.15) is 0 Å². The standard InChI is InChI=1S/C20H33N3O4S/c1-5-23(15(2)3)13-12-21-20(24)16-10-11-18(27-4)19(14-16)28(25,26)22-17-8-6-7-9-17/h10-11,14-15,17,22H,5-9,12-13H2,1-4H3,(H,21,24). The summed E-state index contributed by atoms with van der Waals surface area (Å²) in [4.78, 5) is 14.8. The molecule has 1 aliphatic carbocycles. The lowest BCUT2D eigenvalue weighted by atomic mass is 10.2. The summed E-state index contributed by atoms with van der Waals surface area (Å²) in [7, 11) is -2.33. The Morgan fingerprint density at radius 1 is 1.29 bits per heavy atom. The van der Waals surface area contributed by atoms with Gasteiger partial charge in [-0.3, -0.25) is 9.69 Å². The highest BCUT2D eigenvalue weighted by molar-refractivity contribution is 7.89. The van der Waals surface area contributed by atoms with Gasteiger partial charge in [-0.05, 0) is 51.4 Å². The lowest BCUT2D eigenvalue weighted by Crippen LogP contribution is -2.38. The minimum absolute atomic E-state index is 0.00640. The van der Waals surface area contributed by atoms with E-state index >= 15 is 0 Å². The normalized spacial score (nSPS) is 15.4. The van der Waals surface area contributed by atoms with Crippen LogP contribution in [0.25, 0.3) is 0 Å². The zero-order valence-corrected chi connectivity index (χ0v) is 18.1. The molecule has 1 aliphatic rings. The molecule has 0 unspecified atom stereocenters. The summed E-state index contributed by atoms with van der Waals surface area (Å²) in [6.07, 6.45) is 3.73. The largest absolute Gasteiger partial charge is 0.495 e. The van der Waals surface area contributed by atoms with Crippen molar-refractivity contribution in [3.63, 3.8) is 0 Å². The number of hydrogen-bond donors (Lipinski definition) is 2. The number of nitrogens with one attached hydrogen (secondary N) is 2. The highest BCUT2D eigenvalue weighted by Gasteiger charge is 2.26. The van der Waals surface area contributed by atoms with E-state index in [0.717, 1.165) is 38.8 Å². The van der Waals surface area contributed by atoms with Crippen LogP contribution in [-0.4, -0.2) is 58.1 Å². The Bertz CT molecular complexity index is 759. The van der Waals surface area contributed by atoms with Crippen molar-refractivity contribution in [3.05, 3.63) is 23.8 Å². The van der Waals surface area contributed by atoms with Crippen LogP contribution in [0.5, 0.6) is 5.75 Å². The van der Waals surface area contributed by atoms with Crippen LogP contribution < -0.4 is 14.8 Å². The number of benzene rings is 1. The first-order valence-corrected chi connectivity index (χ1v) is 11.5. The smallest absolute Gasteiger partial charge is 0.251 e. The molecule has 158 valence electrons. The Labute approximate surface area is 168 Å². The van der Waals surface area contributed by atoms with Gasteiger partial charge in [0.05, 0.1) is 7.11 Å². The zero-order valence-electron chi connectivity index (χ0n) is 17.3. The highest BCUT2D eigenvalue weighted by Crippen LogP contribution is 2.27. The third kappa shape index (κ3) is 5.93. The quantitative estimate of drug-likeness (QED) is 0.617. The Morgan fingerprint density at radius 3 is 2.54 bits per heavy atom. The summed E-state index contributed by atoms with van der Waals surface area (Å²) >= 11 is 0. The van der Waals surface area contributed by atoms with Crippen molar-refractivity contribution < 1.29 is 17.9 Å². The summed E-state index contributed by atoms with van der Waals surface area (Å²) in [5, 5.41) is 2.87. The fraction of sp³-hybridized carbons (Fsp3) is 0.650. The lowest BCUT2D eigenvalue weighted by molar-refractivity contribution is 0.0945. The zero-order chi connectivity index (χ0) is 20.7. The average Bonchev–Trinajstić information content (AvgIpc) is 3.16. The summed E-state index contributed by atoms with van der Waals surface area (Å²) < 4.78 is 33.6. The maximum absolute atomic E-state index is 12.8. The molecule has 2 N–H and O–H groups in total. The van der Waals surface area contributed by atoms with Gasteiger partial charge in [-0.15, -0.1) is 0 Å². The van der Waals surface area contributed by atoms with Gasteiger partial charge in [0, 0.05) is 30.7 Å². The molecule has 2 rings (SSSR count). The van der Waals surface area contributed by atoms with Crippen molar-refractivity contribution in [3.8, 4) is 5.75 Å². The molecule has 0 aliphatic heterocycles. The Balaban J connectivity index is 2.11. The molecule has 1 amide bonds. The van der Waals surface area contributed by atoms with Crippen LogP contribution in [0.2, 0.25) is 0 Å². The number of hydrogen-bond acceptors (Lipinski definition) is 5. The highest BCUT2D eigenvalue weighted by atomic mass is 32.2. The van der Waals surface area contributed by atoms with Gasteiger partial charge in [0.15, 0.2) is 0 Å². The Morgan fingerprint density at radius 2 is 1.96 bits per heavy atom. The number of sulfonamides is 1. The van der Waals surface area contributed by atoms with Gasteiger partial charge in [0.25, 0.3) is 5.91 Å². The number of amides is 1. The van der Waals surface area contributed by atoms with E-state index in [-0.39, 0.29) is 22.6 Å². The molecule has 1 aromatic rings. The molecule has 0 aromatic heterocycles. The minimum atomic E-state index is -3.75. The van der Waals surface area contributed by atoms with Crippen LogP contribution in [0.15, 0.2) is 23.1 Å². The van der Waals surface area contributed by atoms with Gasteiger partial charge in [0.2, 0.25) is 10.0 Å². The predicted molar refractivity (Wildman–Crippen MR) is 110 cm³/mol. The maximum atomic E-state index is 12.8. The summed E-state index contributed by atoms with van der Waals surface area (Å²) in [6, 6.07) is 4.86.